The van der Waals surface area contributed by atoms with Crippen molar-refractivity contribution >= 4 is 0 Å². The zero-order valence-corrected chi connectivity index (χ0v) is 8.88. The van der Waals surface area contributed by atoms with E-state index in [-0.39, 0.29) is 0 Å². The maximum atomic E-state index is 5.33. The van der Waals surface area contributed by atoms with Crippen LogP contribution in [0.2, 0.25) is 0 Å². The minimum absolute atomic E-state index is 0.896. The normalized spacial score (nSPS) is 19.6. The third kappa shape index (κ3) is 4.60. The van der Waals surface area contributed by atoms with Crippen LogP contribution in [0.5, 0.6) is 0 Å². The second kappa shape index (κ2) is 6.35. The van der Waals surface area contributed by atoms with Gasteiger partial charge >= 0.3 is 0 Å². The van der Waals surface area contributed by atoms with Gasteiger partial charge in [-0.05, 0) is 45.8 Å². The lowest BCUT2D eigenvalue weighted by atomic mass is 9.96. The first kappa shape index (κ1) is 11.0. The van der Waals surface area contributed by atoms with Crippen molar-refractivity contribution in [1.82, 2.24) is 10.2 Å². The predicted molar refractivity (Wildman–Crippen MR) is 54.7 cm³/mol. The summed E-state index contributed by atoms with van der Waals surface area (Å²) >= 11 is 0. The van der Waals surface area contributed by atoms with Crippen molar-refractivity contribution in [1.29, 1.82) is 0 Å². The van der Waals surface area contributed by atoms with Gasteiger partial charge in [-0.3, -0.25) is 4.90 Å². The van der Waals surface area contributed by atoms with E-state index in [4.69, 9.17) is 4.74 Å². The van der Waals surface area contributed by atoms with Gasteiger partial charge in [-0.15, -0.1) is 0 Å². The van der Waals surface area contributed by atoms with E-state index in [1.54, 1.807) is 0 Å². The summed E-state index contributed by atoms with van der Waals surface area (Å²) in [4.78, 5) is 2.33. The van der Waals surface area contributed by atoms with Crippen molar-refractivity contribution in [3.63, 3.8) is 0 Å². The first-order valence-corrected chi connectivity index (χ1v) is 5.24. The van der Waals surface area contributed by atoms with Gasteiger partial charge in [0, 0.05) is 19.9 Å². The van der Waals surface area contributed by atoms with E-state index >= 15 is 0 Å². The quantitative estimate of drug-likeness (QED) is 0.646. The molecule has 3 heteroatoms. The van der Waals surface area contributed by atoms with Crippen LogP contribution >= 0.6 is 0 Å². The van der Waals surface area contributed by atoms with Gasteiger partial charge in [0.2, 0.25) is 0 Å². The molecule has 0 aromatic heterocycles. The average molecular weight is 186 g/mol. The number of hydrogen-bond acceptors (Lipinski definition) is 3. The molecule has 0 radical (unpaired) electrons. The summed E-state index contributed by atoms with van der Waals surface area (Å²) in [5.41, 5.74) is 0. The Morgan fingerprint density at radius 1 is 1.38 bits per heavy atom. The maximum Gasteiger partial charge on any atom is 0.0475 e. The molecule has 0 saturated carbocycles. The van der Waals surface area contributed by atoms with Gasteiger partial charge in [-0.2, -0.15) is 0 Å². The van der Waals surface area contributed by atoms with E-state index in [1.807, 2.05) is 7.05 Å². The summed E-state index contributed by atoms with van der Waals surface area (Å²) in [5.74, 6) is 0.896. The van der Waals surface area contributed by atoms with Gasteiger partial charge in [0.05, 0.1) is 0 Å². The van der Waals surface area contributed by atoms with Crippen LogP contribution in [0.1, 0.15) is 19.3 Å². The summed E-state index contributed by atoms with van der Waals surface area (Å²) in [7, 11) is 4.15. The second-order valence-electron chi connectivity index (χ2n) is 3.94. The summed E-state index contributed by atoms with van der Waals surface area (Å²) in [6, 6.07) is 0. The van der Waals surface area contributed by atoms with Crippen molar-refractivity contribution in [2.75, 3.05) is 40.5 Å². The Bertz CT molecular complexity index is 124. The molecule has 0 aliphatic carbocycles. The number of hydrogen-bond donors (Lipinski definition) is 1. The largest absolute Gasteiger partial charge is 0.381 e. The molecule has 1 fully saturated rings. The molecule has 1 aliphatic rings. The van der Waals surface area contributed by atoms with Crippen LogP contribution in [0.3, 0.4) is 0 Å². The molecule has 0 aromatic carbocycles. The molecule has 0 bridgehead atoms. The first-order chi connectivity index (χ1) is 6.33. The maximum absolute atomic E-state index is 5.33. The molecule has 1 saturated heterocycles. The Hall–Kier alpha value is -0.120. The highest BCUT2D eigenvalue weighted by Crippen LogP contribution is 2.18. The molecule has 1 rings (SSSR count). The van der Waals surface area contributed by atoms with Gasteiger partial charge in [0.25, 0.3) is 0 Å². The smallest absolute Gasteiger partial charge is 0.0475 e. The Morgan fingerprint density at radius 2 is 2.08 bits per heavy atom. The lowest BCUT2D eigenvalue weighted by Crippen LogP contribution is -2.31. The van der Waals surface area contributed by atoms with Crippen molar-refractivity contribution in [2.45, 2.75) is 19.3 Å². The van der Waals surface area contributed by atoms with Crippen LogP contribution in [-0.4, -0.2) is 45.4 Å². The van der Waals surface area contributed by atoms with E-state index in [0.29, 0.717) is 0 Å². The molecule has 1 N–H and O–H groups in total. The fourth-order valence-electron chi connectivity index (χ4n) is 1.79. The number of nitrogens with zero attached hydrogens (tertiary/aromatic N) is 1. The minimum atomic E-state index is 0.896. The van der Waals surface area contributed by atoms with Crippen LogP contribution in [0.15, 0.2) is 0 Å². The topological polar surface area (TPSA) is 24.5 Å². The zero-order chi connectivity index (χ0) is 9.52. The molecule has 0 amide bonds. The van der Waals surface area contributed by atoms with E-state index in [0.717, 1.165) is 25.8 Å². The highest BCUT2D eigenvalue weighted by molar-refractivity contribution is 4.65. The summed E-state index contributed by atoms with van der Waals surface area (Å²) in [6.45, 7) is 4.13. The predicted octanol–water partition coefficient (Wildman–Crippen LogP) is 0.912. The van der Waals surface area contributed by atoms with Crippen LogP contribution in [0.25, 0.3) is 0 Å². The second-order valence-corrected chi connectivity index (χ2v) is 3.94. The average Bonchev–Trinajstić information content (AvgIpc) is 2.17. The molecule has 0 unspecified atom stereocenters. The summed E-state index contributed by atoms with van der Waals surface area (Å²) < 4.78 is 5.33. The minimum Gasteiger partial charge on any atom is -0.381 e. The highest BCUT2D eigenvalue weighted by Gasteiger charge is 2.13. The van der Waals surface area contributed by atoms with Crippen LogP contribution in [0.4, 0.5) is 0 Å². The molecule has 0 spiro atoms. The summed E-state index contributed by atoms with van der Waals surface area (Å²) in [6.07, 6.45) is 3.84. The van der Waals surface area contributed by atoms with E-state index in [1.165, 1.54) is 25.8 Å². The van der Waals surface area contributed by atoms with Gasteiger partial charge in [-0.1, -0.05) is 0 Å². The first-order valence-electron chi connectivity index (χ1n) is 5.24. The third-order valence-electron chi connectivity index (χ3n) is 2.69. The van der Waals surface area contributed by atoms with E-state index < -0.39 is 0 Å². The van der Waals surface area contributed by atoms with E-state index in [2.05, 4.69) is 17.3 Å². The number of rotatable bonds is 5. The van der Waals surface area contributed by atoms with Crippen LogP contribution in [-0.2, 0) is 4.74 Å². The standard InChI is InChI=1S/C10H22N2O/c1-11-9-12(2)6-3-10-4-7-13-8-5-10/h10-11H,3-9H2,1-2H3. The van der Waals surface area contributed by atoms with Crippen LogP contribution < -0.4 is 5.32 Å². The molecular weight excluding hydrogens is 164 g/mol. The van der Waals surface area contributed by atoms with Crippen molar-refractivity contribution in [3.8, 4) is 0 Å². The number of nitrogens with one attached hydrogen (secondary N) is 1. The van der Waals surface area contributed by atoms with Crippen molar-refractivity contribution in [2.24, 2.45) is 5.92 Å². The molecule has 0 atom stereocenters. The van der Waals surface area contributed by atoms with Crippen molar-refractivity contribution < 1.29 is 4.74 Å². The SMILES string of the molecule is CNCN(C)CCC1CCOCC1. The Morgan fingerprint density at radius 3 is 2.69 bits per heavy atom. The fraction of sp³-hybridized carbons (Fsp3) is 1.00. The van der Waals surface area contributed by atoms with E-state index in [9.17, 15) is 0 Å². The monoisotopic (exact) mass is 186 g/mol. The highest BCUT2D eigenvalue weighted by atomic mass is 16.5. The van der Waals surface area contributed by atoms with Gasteiger partial charge in [0.1, 0.15) is 0 Å². The Kier molecular flexibility index (Phi) is 5.35. The zero-order valence-electron chi connectivity index (χ0n) is 8.88. The molecule has 0 aromatic rings. The Balaban J connectivity index is 2.03. The molecule has 3 nitrogen and oxygen atoms in total. The molecule has 13 heavy (non-hydrogen) atoms. The third-order valence-corrected chi connectivity index (χ3v) is 2.69. The summed E-state index contributed by atoms with van der Waals surface area (Å²) in [5, 5.41) is 3.16. The molecule has 1 aliphatic heterocycles. The fourth-order valence-corrected chi connectivity index (χ4v) is 1.79. The molecular formula is C10H22N2O. The van der Waals surface area contributed by atoms with Crippen molar-refractivity contribution in [3.05, 3.63) is 0 Å². The van der Waals surface area contributed by atoms with Crippen LogP contribution in [0, 0.1) is 5.92 Å². The van der Waals surface area contributed by atoms with Gasteiger partial charge in [0.15, 0.2) is 0 Å². The lowest BCUT2D eigenvalue weighted by molar-refractivity contribution is 0.0608. The number of ether oxygens (including phenoxy) is 1. The lowest BCUT2D eigenvalue weighted by Gasteiger charge is -2.24. The van der Waals surface area contributed by atoms with Gasteiger partial charge < -0.3 is 10.1 Å². The molecule has 78 valence electrons. The Labute approximate surface area is 81.4 Å². The van der Waals surface area contributed by atoms with Gasteiger partial charge in [-0.25, -0.2) is 0 Å². The molecule has 1 heterocycles.